The third-order valence-corrected chi connectivity index (χ3v) is 5.06. The molecule has 0 spiro atoms. The van der Waals surface area contributed by atoms with Gasteiger partial charge in [0, 0.05) is 45.0 Å². The fraction of sp³-hybridized carbons (Fsp3) is 0.500. The number of nitrogens with one attached hydrogen (secondary N) is 1. The van der Waals surface area contributed by atoms with E-state index in [2.05, 4.69) is 20.5 Å². The largest absolute Gasteiger partial charge is 0.446 e. The van der Waals surface area contributed by atoms with Gasteiger partial charge in [-0.25, -0.2) is 37.9 Å². The first-order valence-corrected chi connectivity index (χ1v) is 10.6. The Morgan fingerprint density at radius 3 is 2.71 bits per heavy atom. The van der Waals surface area contributed by atoms with Crippen molar-refractivity contribution in [3.05, 3.63) is 36.2 Å². The van der Waals surface area contributed by atoms with Crippen LogP contribution in [0.1, 0.15) is 6.92 Å². The van der Waals surface area contributed by atoms with Crippen molar-refractivity contribution in [2.24, 2.45) is 0 Å². The number of aromatic nitrogens is 3. The highest BCUT2D eigenvalue weighted by molar-refractivity contribution is 5.90. The maximum Gasteiger partial charge on any atom is 0.424 e. The Labute approximate surface area is 194 Å². The smallest absolute Gasteiger partial charge is 0.424 e. The Morgan fingerprint density at radius 2 is 2.09 bits per heavy atom. The zero-order chi connectivity index (χ0) is 24.7. The summed E-state index contributed by atoms with van der Waals surface area (Å²) in [7, 11) is 1.39. The number of hydrogen-bond donors (Lipinski definition) is 1. The van der Waals surface area contributed by atoms with Crippen LogP contribution in [0.15, 0.2) is 24.5 Å². The number of rotatable bonds is 11. The van der Waals surface area contributed by atoms with Gasteiger partial charge in [0.2, 0.25) is 0 Å². The van der Waals surface area contributed by atoms with Gasteiger partial charge in [0.25, 0.3) is 0 Å². The highest BCUT2D eigenvalue weighted by Crippen LogP contribution is 2.31. The molecule has 2 aromatic rings. The number of ether oxygens (including phenoxy) is 2. The molecule has 1 aliphatic heterocycles. The molecular weight excluding hydrogens is 459 g/mol. The predicted molar refractivity (Wildman–Crippen MR) is 115 cm³/mol. The van der Waals surface area contributed by atoms with Crippen LogP contribution in [0.5, 0.6) is 0 Å². The number of alkyl halides is 1. The molecule has 0 bridgehead atoms. The topological polar surface area (TPSA) is 105 Å². The summed E-state index contributed by atoms with van der Waals surface area (Å²) in [5.74, 6) is -1.69. The highest BCUT2D eigenvalue weighted by Gasteiger charge is 2.34. The van der Waals surface area contributed by atoms with Crippen molar-refractivity contribution in [3.8, 4) is 0 Å². The van der Waals surface area contributed by atoms with Crippen LogP contribution in [-0.4, -0.2) is 84.8 Å². The van der Waals surface area contributed by atoms with E-state index < -0.39 is 36.6 Å². The number of carbonyl (C=O) groups excluding carboxylic acids is 2. The summed E-state index contributed by atoms with van der Waals surface area (Å²) in [6, 6.07) is 2.15. The van der Waals surface area contributed by atoms with Crippen LogP contribution >= 0.6 is 0 Å². The van der Waals surface area contributed by atoms with Gasteiger partial charge in [0.05, 0.1) is 25.0 Å². The first kappa shape index (κ1) is 25.1. The van der Waals surface area contributed by atoms with Crippen molar-refractivity contribution in [1.29, 1.82) is 0 Å². The lowest BCUT2D eigenvalue weighted by Gasteiger charge is -2.26. The number of cyclic esters (lactones) is 1. The van der Waals surface area contributed by atoms with E-state index in [4.69, 9.17) is 4.74 Å². The Morgan fingerprint density at radius 1 is 1.35 bits per heavy atom. The number of anilines is 2. The summed E-state index contributed by atoms with van der Waals surface area (Å²) in [6.07, 6.45) is 1.07. The SMILES string of the molecule is CCN(CCNN(C)C(=O)OCCF)c1c(F)cc(N2C[C@H](Cn3ccnn3)OC2=O)cc1F. The van der Waals surface area contributed by atoms with Gasteiger partial charge in [-0.3, -0.25) is 4.90 Å². The molecule has 1 saturated heterocycles. The molecule has 0 unspecified atom stereocenters. The first-order chi connectivity index (χ1) is 16.3. The fourth-order valence-electron chi connectivity index (χ4n) is 3.44. The second-order valence-corrected chi connectivity index (χ2v) is 7.35. The van der Waals surface area contributed by atoms with E-state index in [1.165, 1.54) is 22.8 Å². The second-order valence-electron chi connectivity index (χ2n) is 7.35. The molecule has 3 rings (SSSR count). The third kappa shape index (κ3) is 6.07. The van der Waals surface area contributed by atoms with Crippen molar-refractivity contribution in [3.63, 3.8) is 0 Å². The van der Waals surface area contributed by atoms with Crippen LogP contribution in [-0.2, 0) is 16.0 Å². The molecule has 11 nitrogen and oxygen atoms in total. The minimum absolute atomic E-state index is 0.0364. The molecule has 0 saturated carbocycles. The number of nitrogens with zero attached hydrogens (tertiary/aromatic N) is 6. The molecule has 1 aromatic carbocycles. The van der Waals surface area contributed by atoms with Crippen molar-refractivity contribution in [2.75, 3.05) is 56.3 Å². The Balaban J connectivity index is 1.63. The van der Waals surface area contributed by atoms with E-state index in [9.17, 15) is 22.8 Å². The summed E-state index contributed by atoms with van der Waals surface area (Å²) in [6.45, 7) is 1.50. The summed E-state index contributed by atoms with van der Waals surface area (Å²) < 4.78 is 53.4. The number of benzene rings is 1. The summed E-state index contributed by atoms with van der Waals surface area (Å²) in [4.78, 5) is 26.5. The maximum atomic E-state index is 15.0. The minimum Gasteiger partial charge on any atom is -0.446 e. The van der Waals surface area contributed by atoms with Gasteiger partial charge in [0.1, 0.15) is 25.1 Å². The number of hydrazine groups is 1. The average Bonchev–Trinajstić information content (AvgIpc) is 3.45. The molecule has 1 atom stereocenters. The zero-order valence-corrected chi connectivity index (χ0v) is 18.8. The van der Waals surface area contributed by atoms with Gasteiger partial charge in [-0.2, -0.15) is 0 Å². The lowest BCUT2D eigenvalue weighted by atomic mass is 10.2. The molecule has 0 radical (unpaired) electrons. The van der Waals surface area contributed by atoms with Crippen molar-refractivity contribution >= 4 is 23.6 Å². The molecule has 1 N–H and O–H groups in total. The number of likely N-dealkylation sites (N-methyl/N-ethyl adjacent to an activating group) is 1. The van der Waals surface area contributed by atoms with Gasteiger partial charge in [0.15, 0.2) is 11.6 Å². The van der Waals surface area contributed by atoms with E-state index in [0.29, 0.717) is 0 Å². The van der Waals surface area contributed by atoms with E-state index in [0.717, 1.165) is 22.0 Å². The normalized spacial score (nSPS) is 15.4. The lowest BCUT2D eigenvalue weighted by Crippen LogP contribution is -2.44. The highest BCUT2D eigenvalue weighted by atomic mass is 19.1. The van der Waals surface area contributed by atoms with E-state index in [-0.39, 0.29) is 50.7 Å². The maximum absolute atomic E-state index is 15.0. The average molecular weight is 485 g/mol. The monoisotopic (exact) mass is 485 g/mol. The summed E-state index contributed by atoms with van der Waals surface area (Å²) >= 11 is 0. The summed E-state index contributed by atoms with van der Waals surface area (Å²) in [5.41, 5.74) is 2.49. The standard InChI is InChI=1S/C20H26F3N7O4/c1-3-28(7-6-25-27(2)19(31)33-9-4-21)18-16(22)10-14(11-17(18)23)30-13-15(34-20(30)32)12-29-8-5-24-26-29/h5,8,10-11,15,25H,3-4,6-7,9,12-13H2,1-2H3/t15-/m0/s1. The second kappa shape index (κ2) is 11.5. The fourth-order valence-corrected chi connectivity index (χ4v) is 3.44. The first-order valence-electron chi connectivity index (χ1n) is 10.6. The van der Waals surface area contributed by atoms with Crippen molar-refractivity contribution < 1.29 is 32.2 Å². The lowest BCUT2D eigenvalue weighted by molar-refractivity contribution is 0.0890. The Hall–Kier alpha value is -3.55. The van der Waals surface area contributed by atoms with Crippen LogP contribution < -0.4 is 15.2 Å². The molecule has 1 aromatic heterocycles. The number of hydrogen-bond acceptors (Lipinski definition) is 8. The molecule has 0 aliphatic carbocycles. The number of carbonyl (C=O) groups is 2. The number of amides is 2. The quantitative estimate of drug-likeness (QED) is 0.482. The van der Waals surface area contributed by atoms with Crippen LogP contribution in [0, 0.1) is 11.6 Å². The van der Waals surface area contributed by atoms with Gasteiger partial charge in [-0.1, -0.05) is 5.21 Å². The van der Waals surface area contributed by atoms with Crippen LogP contribution in [0.2, 0.25) is 0 Å². The van der Waals surface area contributed by atoms with E-state index in [1.807, 2.05) is 0 Å². The Bertz CT molecular complexity index is 956. The van der Waals surface area contributed by atoms with Gasteiger partial charge in [-0.05, 0) is 6.92 Å². The van der Waals surface area contributed by atoms with Crippen LogP contribution in [0.3, 0.4) is 0 Å². The molecule has 2 heterocycles. The van der Waals surface area contributed by atoms with Crippen LogP contribution in [0.25, 0.3) is 0 Å². The number of halogens is 3. The van der Waals surface area contributed by atoms with Crippen molar-refractivity contribution in [1.82, 2.24) is 25.4 Å². The molecular formula is C20H26F3N7O4. The third-order valence-electron chi connectivity index (χ3n) is 5.06. The Kier molecular flexibility index (Phi) is 8.51. The van der Waals surface area contributed by atoms with Crippen LogP contribution in [0.4, 0.5) is 34.1 Å². The predicted octanol–water partition coefficient (Wildman–Crippen LogP) is 1.95. The molecule has 14 heteroatoms. The van der Waals surface area contributed by atoms with Gasteiger partial charge >= 0.3 is 12.2 Å². The van der Waals surface area contributed by atoms with Gasteiger partial charge < -0.3 is 14.4 Å². The van der Waals surface area contributed by atoms with E-state index >= 15 is 0 Å². The zero-order valence-electron chi connectivity index (χ0n) is 18.8. The molecule has 186 valence electrons. The molecule has 34 heavy (non-hydrogen) atoms. The van der Waals surface area contributed by atoms with Gasteiger partial charge in [-0.15, -0.1) is 5.10 Å². The van der Waals surface area contributed by atoms with Crippen molar-refractivity contribution in [2.45, 2.75) is 19.6 Å². The molecule has 1 aliphatic rings. The van der Waals surface area contributed by atoms with E-state index in [1.54, 1.807) is 13.1 Å². The minimum atomic E-state index is -0.847. The molecule has 2 amide bonds. The molecule has 1 fully saturated rings. The summed E-state index contributed by atoms with van der Waals surface area (Å²) in [5, 5.41) is 8.51.